The van der Waals surface area contributed by atoms with Gasteiger partial charge in [0, 0.05) is 0 Å². The van der Waals surface area contributed by atoms with Gasteiger partial charge in [-0.05, 0) is 11.8 Å². The smallest absolute Gasteiger partial charge is 0.0757 e. The van der Waals surface area contributed by atoms with Gasteiger partial charge in [-0.2, -0.15) is 0 Å². The first kappa shape index (κ1) is 20.8. The summed E-state index contributed by atoms with van der Waals surface area (Å²) >= 11 is 9.86. The predicted molar refractivity (Wildman–Crippen MR) is 131 cm³/mol. The first-order valence-electron chi connectivity index (χ1n) is 9.30. The normalized spacial score (nSPS) is 48.9. The second-order valence-electron chi connectivity index (χ2n) is 11.1. The van der Waals surface area contributed by atoms with Crippen molar-refractivity contribution in [3.8, 4) is 0 Å². The quantitative estimate of drug-likeness (QED) is 0.412. The Kier molecular flexibility index (Phi) is 4.81. The van der Waals surface area contributed by atoms with Crippen molar-refractivity contribution in [2.75, 3.05) is 0 Å². The average molecular weight is 453 g/mol. The molecule has 4 saturated heterocycles. The second-order valence-corrected chi connectivity index (χ2v) is 35.9. The van der Waals surface area contributed by atoms with Crippen molar-refractivity contribution in [2.45, 2.75) is 88.5 Å². The summed E-state index contributed by atoms with van der Waals surface area (Å²) in [6.45, 7) is 29.2. The monoisotopic (exact) mass is 452 g/mol. The molecule has 4 aliphatic heterocycles. The van der Waals surface area contributed by atoms with Gasteiger partial charge in [0.05, 0.1) is 39.9 Å². The summed E-state index contributed by atoms with van der Waals surface area (Å²) in [5.41, 5.74) is 0. The van der Waals surface area contributed by atoms with Crippen LogP contribution in [0.3, 0.4) is 0 Å². The lowest BCUT2D eigenvalue weighted by Gasteiger charge is -2.76. The largest absolute Gasteiger partial charge is 0.133 e. The molecule has 0 aromatic heterocycles. The lowest BCUT2D eigenvalue weighted by atomic mass is 10.2. The highest BCUT2D eigenvalue weighted by molar-refractivity contribution is 8.41. The highest BCUT2D eigenvalue weighted by Gasteiger charge is 2.78. The molecule has 0 spiro atoms. The molecular formula is C17H36S4Si3. The van der Waals surface area contributed by atoms with E-state index in [1.165, 1.54) is 0 Å². The molecule has 24 heavy (non-hydrogen) atoms. The van der Waals surface area contributed by atoms with Crippen LogP contribution in [0, 0.1) is 11.8 Å². The van der Waals surface area contributed by atoms with Gasteiger partial charge in [0.2, 0.25) is 0 Å². The summed E-state index contributed by atoms with van der Waals surface area (Å²) in [7, 11) is -3.93. The van der Waals surface area contributed by atoms with E-state index in [0.717, 1.165) is 16.4 Å². The summed E-state index contributed by atoms with van der Waals surface area (Å²) in [4.78, 5) is 0. The lowest BCUT2D eigenvalue weighted by Crippen LogP contribution is -2.78. The zero-order chi connectivity index (χ0) is 18.6. The van der Waals surface area contributed by atoms with E-state index in [2.05, 4.69) is 120 Å². The van der Waals surface area contributed by atoms with Crippen molar-refractivity contribution in [3.05, 3.63) is 0 Å². The maximum atomic E-state index is 2.66. The van der Waals surface area contributed by atoms with Crippen molar-refractivity contribution >= 4 is 71.3 Å². The van der Waals surface area contributed by atoms with Crippen LogP contribution in [0.1, 0.15) is 13.8 Å². The number of hydrogen-bond acceptors (Lipinski definition) is 4. The molecule has 4 bridgehead atoms. The van der Waals surface area contributed by atoms with Crippen molar-refractivity contribution in [1.82, 2.24) is 0 Å². The third-order valence-corrected chi connectivity index (χ3v) is 34.5. The van der Waals surface area contributed by atoms with E-state index in [1.807, 2.05) is 0 Å². The fourth-order valence-electron chi connectivity index (χ4n) is 5.04. The summed E-state index contributed by atoms with van der Waals surface area (Å²) in [6, 6.07) is 0. The first-order valence-corrected chi connectivity index (χ1v) is 23.2. The predicted octanol–water partition coefficient (Wildman–Crippen LogP) is 7.28. The summed E-state index contributed by atoms with van der Waals surface area (Å²) in [5.74, 6) is 1.68. The Hall–Kier alpha value is 2.05. The second kappa shape index (κ2) is 5.56. The van der Waals surface area contributed by atoms with Gasteiger partial charge in [-0.3, -0.25) is 0 Å². The van der Waals surface area contributed by atoms with Crippen molar-refractivity contribution in [1.29, 1.82) is 0 Å². The summed E-state index contributed by atoms with van der Waals surface area (Å²) in [6.07, 6.45) is 0. The highest BCUT2D eigenvalue weighted by Crippen LogP contribution is 2.84. The van der Waals surface area contributed by atoms with Crippen LogP contribution in [0.25, 0.3) is 0 Å². The van der Waals surface area contributed by atoms with Crippen LogP contribution in [-0.2, 0) is 0 Å². The Balaban J connectivity index is 2.28. The van der Waals surface area contributed by atoms with E-state index >= 15 is 0 Å². The number of hydrogen-bond donors (Lipinski definition) is 0. The maximum Gasteiger partial charge on any atom is 0.0757 e. The molecule has 0 aromatic carbocycles. The SMILES string of the molecule is CC1C2SC3([Si](C)(C)C)SC1([Si](C)(C)C)SC([Si](C)(C)C)(S2)C3C. The molecule has 0 nitrogen and oxygen atoms in total. The fraction of sp³-hybridized carbons (Fsp3) is 1.00. The van der Waals surface area contributed by atoms with Crippen LogP contribution in [-0.4, -0.2) is 39.9 Å². The first-order chi connectivity index (χ1) is 10.5. The molecule has 4 aliphatic rings. The maximum absolute atomic E-state index is 2.66. The molecule has 0 aromatic rings. The van der Waals surface area contributed by atoms with Gasteiger partial charge in [-0.25, -0.2) is 0 Å². The van der Waals surface area contributed by atoms with E-state index < -0.39 is 24.2 Å². The van der Waals surface area contributed by atoms with E-state index in [9.17, 15) is 0 Å². The molecule has 0 radical (unpaired) electrons. The minimum Gasteiger partial charge on any atom is -0.133 e. The Labute approximate surface area is 170 Å². The number of rotatable bonds is 3. The van der Waals surface area contributed by atoms with Gasteiger partial charge in [0.15, 0.2) is 0 Å². The Bertz CT molecular complexity index is 493. The third kappa shape index (κ3) is 2.39. The molecular weight excluding hydrogens is 417 g/mol. The fourth-order valence-corrected chi connectivity index (χ4v) is 32.5. The molecule has 4 fully saturated rings. The molecule has 3 unspecified atom stereocenters. The Morgan fingerprint density at radius 2 is 0.917 bits per heavy atom. The van der Waals surface area contributed by atoms with Gasteiger partial charge < -0.3 is 0 Å². The van der Waals surface area contributed by atoms with Crippen LogP contribution in [0.5, 0.6) is 0 Å². The summed E-state index contributed by atoms with van der Waals surface area (Å²) < 4.78 is 2.37. The van der Waals surface area contributed by atoms with Gasteiger partial charge in [-0.1, -0.05) is 72.8 Å². The average Bonchev–Trinajstić information content (AvgIpc) is 2.33. The molecule has 0 amide bonds. The molecule has 0 N–H and O–H groups in total. The molecule has 3 atom stereocenters. The third-order valence-electron chi connectivity index (χ3n) is 6.47. The van der Waals surface area contributed by atoms with Crippen LogP contribution >= 0.6 is 47.0 Å². The van der Waals surface area contributed by atoms with Gasteiger partial charge in [0.25, 0.3) is 0 Å². The summed E-state index contributed by atoms with van der Waals surface area (Å²) in [5, 5.41) is 0. The van der Waals surface area contributed by atoms with Crippen LogP contribution < -0.4 is 0 Å². The lowest BCUT2D eigenvalue weighted by molar-refractivity contribution is 0.530. The molecule has 0 saturated carbocycles. The van der Waals surface area contributed by atoms with Crippen molar-refractivity contribution in [2.24, 2.45) is 11.8 Å². The zero-order valence-corrected chi connectivity index (χ0v) is 23.6. The van der Waals surface area contributed by atoms with E-state index in [0.29, 0.717) is 11.1 Å². The minimum absolute atomic E-state index is 0.515. The van der Waals surface area contributed by atoms with Crippen molar-refractivity contribution in [3.63, 3.8) is 0 Å². The molecule has 0 aliphatic carbocycles. The van der Waals surface area contributed by atoms with Crippen molar-refractivity contribution < 1.29 is 0 Å². The number of thioether (sulfide) groups is 4. The topological polar surface area (TPSA) is 0 Å². The molecule has 140 valence electrons. The highest BCUT2D eigenvalue weighted by atomic mass is 32.3. The van der Waals surface area contributed by atoms with Crippen LogP contribution in [0.4, 0.5) is 0 Å². The standard InChI is InChI=1S/C17H36S4Si3/c1-12-14-18-16(23(6,7)8)13(2)17(19-14,24(9,10)11)21-15(12,20-16)22(3,4)5/h12-14H,1-11H3. The minimum atomic E-state index is -1.31. The van der Waals surface area contributed by atoms with Crippen LogP contribution in [0.15, 0.2) is 0 Å². The Morgan fingerprint density at radius 1 is 0.583 bits per heavy atom. The molecule has 4 rings (SSSR count). The molecule has 4 heterocycles. The van der Waals surface area contributed by atoms with Gasteiger partial charge >= 0.3 is 0 Å². The van der Waals surface area contributed by atoms with Gasteiger partial charge in [-0.15, -0.1) is 47.0 Å². The van der Waals surface area contributed by atoms with E-state index in [1.54, 1.807) is 0 Å². The van der Waals surface area contributed by atoms with E-state index in [4.69, 9.17) is 0 Å². The van der Waals surface area contributed by atoms with E-state index in [-0.39, 0.29) is 0 Å². The zero-order valence-electron chi connectivity index (χ0n) is 17.4. The molecule has 7 heteroatoms. The van der Waals surface area contributed by atoms with Gasteiger partial charge in [0.1, 0.15) is 0 Å². The Morgan fingerprint density at radius 3 is 1.21 bits per heavy atom. The van der Waals surface area contributed by atoms with Crippen LogP contribution in [0.2, 0.25) is 58.9 Å².